The summed E-state index contributed by atoms with van der Waals surface area (Å²) in [5.74, 6) is 0.0984. The summed E-state index contributed by atoms with van der Waals surface area (Å²) < 4.78 is 19.1. The highest BCUT2D eigenvalue weighted by Crippen LogP contribution is 2.24. The molecule has 0 aliphatic carbocycles. The number of benzene rings is 2. The molecule has 3 aromatic rings. The minimum Gasteiger partial charge on any atom is -0.492 e. The Labute approximate surface area is 150 Å². The van der Waals surface area contributed by atoms with Crippen molar-refractivity contribution in [1.29, 1.82) is 0 Å². The van der Waals surface area contributed by atoms with Crippen LogP contribution < -0.4 is 15.4 Å². The van der Waals surface area contributed by atoms with Crippen LogP contribution in [0.25, 0.3) is 0 Å². The Morgan fingerprint density at radius 3 is 2.46 bits per heavy atom. The van der Waals surface area contributed by atoms with E-state index in [9.17, 15) is 9.18 Å². The molecular formula is C19H17FN4O2. The predicted molar refractivity (Wildman–Crippen MR) is 97.3 cm³/mol. The van der Waals surface area contributed by atoms with Gasteiger partial charge in [-0.25, -0.2) is 14.4 Å². The van der Waals surface area contributed by atoms with E-state index in [-0.39, 0.29) is 11.4 Å². The van der Waals surface area contributed by atoms with Gasteiger partial charge >= 0.3 is 0 Å². The molecule has 7 heteroatoms. The van der Waals surface area contributed by atoms with Crippen molar-refractivity contribution in [3.05, 3.63) is 72.4 Å². The van der Waals surface area contributed by atoms with Gasteiger partial charge in [0.15, 0.2) is 0 Å². The van der Waals surface area contributed by atoms with Crippen molar-refractivity contribution in [2.75, 3.05) is 17.2 Å². The number of nitrogens with zero attached hydrogens (tertiary/aromatic N) is 2. The lowest BCUT2D eigenvalue weighted by molar-refractivity contribution is 0.102. The average molecular weight is 352 g/mol. The van der Waals surface area contributed by atoms with Crippen LogP contribution in [0.15, 0.2) is 60.9 Å². The SMILES string of the molecule is CCOc1ccccc1NC(=O)c1cnc(Nc2ccccc2F)cn1. The Kier molecular flexibility index (Phi) is 5.38. The van der Waals surface area contributed by atoms with Crippen LogP contribution in [0, 0.1) is 5.82 Å². The number of rotatable bonds is 6. The molecule has 0 aliphatic rings. The van der Waals surface area contributed by atoms with Gasteiger partial charge in [0, 0.05) is 0 Å². The first-order valence-electron chi connectivity index (χ1n) is 8.04. The van der Waals surface area contributed by atoms with Crippen LogP contribution in [0.3, 0.4) is 0 Å². The Balaban J connectivity index is 1.70. The molecule has 0 unspecified atom stereocenters. The largest absolute Gasteiger partial charge is 0.492 e. The van der Waals surface area contributed by atoms with Gasteiger partial charge in [-0.05, 0) is 31.2 Å². The van der Waals surface area contributed by atoms with Gasteiger partial charge in [-0.15, -0.1) is 0 Å². The molecule has 132 valence electrons. The lowest BCUT2D eigenvalue weighted by Crippen LogP contribution is -2.15. The Hall–Kier alpha value is -3.48. The summed E-state index contributed by atoms with van der Waals surface area (Å²) >= 11 is 0. The maximum Gasteiger partial charge on any atom is 0.275 e. The molecule has 1 amide bonds. The molecule has 6 nitrogen and oxygen atoms in total. The van der Waals surface area contributed by atoms with Crippen LogP contribution >= 0.6 is 0 Å². The highest BCUT2D eigenvalue weighted by atomic mass is 19.1. The molecule has 2 N–H and O–H groups in total. The van der Waals surface area contributed by atoms with Gasteiger partial charge in [-0.3, -0.25) is 4.79 Å². The number of amides is 1. The molecule has 0 saturated carbocycles. The maximum absolute atomic E-state index is 13.6. The van der Waals surface area contributed by atoms with E-state index in [2.05, 4.69) is 20.6 Å². The number of nitrogens with one attached hydrogen (secondary N) is 2. The molecule has 1 aromatic heterocycles. The van der Waals surface area contributed by atoms with E-state index in [1.54, 1.807) is 36.4 Å². The number of carbonyl (C=O) groups is 1. The van der Waals surface area contributed by atoms with Crippen molar-refractivity contribution in [1.82, 2.24) is 9.97 Å². The predicted octanol–water partition coefficient (Wildman–Crippen LogP) is 4.01. The fraction of sp³-hybridized carbons (Fsp3) is 0.105. The first kappa shape index (κ1) is 17.3. The molecule has 26 heavy (non-hydrogen) atoms. The second-order valence-corrected chi connectivity index (χ2v) is 5.28. The van der Waals surface area contributed by atoms with Gasteiger partial charge in [0.25, 0.3) is 5.91 Å². The van der Waals surface area contributed by atoms with Crippen molar-refractivity contribution < 1.29 is 13.9 Å². The highest BCUT2D eigenvalue weighted by Gasteiger charge is 2.12. The number of aromatic nitrogens is 2. The third-order valence-electron chi connectivity index (χ3n) is 3.46. The Bertz CT molecular complexity index is 900. The molecule has 0 radical (unpaired) electrons. The summed E-state index contributed by atoms with van der Waals surface area (Å²) in [6, 6.07) is 13.4. The van der Waals surface area contributed by atoms with Gasteiger partial charge in [0.05, 0.1) is 30.4 Å². The number of anilines is 3. The van der Waals surface area contributed by atoms with Gasteiger partial charge < -0.3 is 15.4 Å². The molecule has 0 bridgehead atoms. The van der Waals surface area contributed by atoms with Crippen molar-refractivity contribution in [2.24, 2.45) is 0 Å². The fourth-order valence-corrected chi connectivity index (χ4v) is 2.25. The van der Waals surface area contributed by atoms with Crippen LogP contribution in [0.2, 0.25) is 0 Å². The van der Waals surface area contributed by atoms with Crippen molar-refractivity contribution in [3.8, 4) is 5.75 Å². The van der Waals surface area contributed by atoms with E-state index in [1.165, 1.54) is 18.5 Å². The van der Waals surface area contributed by atoms with E-state index in [1.807, 2.05) is 13.0 Å². The minimum absolute atomic E-state index is 0.135. The lowest BCUT2D eigenvalue weighted by Gasteiger charge is -2.11. The van der Waals surface area contributed by atoms with E-state index >= 15 is 0 Å². The van der Waals surface area contributed by atoms with Crippen LogP contribution in [0.5, 0.6) is 5.75 Å². The maximum atomic E-state index is 13.6. The van der Waals surface area contributed by atoms with E-state index in [4.69, 9.17) is 4.74 Å². The van der Waals surface area contributed by atoms with Gasteiger partial charge in [-0.1, -0.05) is 24.3 Å². The van der Waals surface area contributed by atoms with Crippen molar-refractivity contribution in [2.45, 2.75) is 6.92 Å². The molecule has 0 atom stereocenters. The summed E-state index contributed by atoms with van der Waals surface area (Å²) in [7, 11) is 0. The third kappa shape index (κ3) is 4.13. The first-order chi connectivity index (χ1) is 12.7. The molecule has 3 rings (SSSR count). The average Bonchev–Trinajstić information content (AvgIpc) is 2.66. The number of hydrogen-bond acceptors (Lipinski definition) is 5. The van der Waals surface area contributed by atoms with E-state index in [0.29, 0.717) is 23.9 Å². The molecule has 0 saturated heterocycles. The Morgan fingerprint density at radius 2 is 1.77 bits per heavy atom. The fourth-order valence-electron chi connectivity index (χ4n) is 2.25. The summed E-state index contributed by atoms with van der Waals surface area (Å²) in [5, 5.41) is 5.56. The molecule has 0 aliphatic heterocycles. The molecule has 2 aromatic carbocycles. The monoisotopic (exact) mass is 352 g/mol. The number of para-hydroxylation sites is 3. The highest BCUT2D eigenvalue weighted by molar-refractivity contribution is 6.03. The molecule has 0 spiro atoms. The van der Waals surface area contributed by atoms with Gasteiger partial charge in [0.1, 0.15) is 23.1 Å². The topological polar surface area (TPSA) is 76.1 Å². The smallest absolute Gasteiger partial charge is 0.275 e. The van der Waals surface area contributed by atoms with Crippen molar-refractivity contribution in [3.63, 3.8) is 0 Å². The Morgan fingerprint density at radius 1 is 1.04 bits per heavy atom. The molecule has 0 fully saturated rings. The van der Waals surface area contributed by atoms with Crippen LogP contribution in [-0.2, 0) is 0 Å². The van der Waals surface area contributed by atoms with Gasteiger partial charge in [-0.2, -0.15) is 0 Å². The quantitative estimate of drug-likeness (QED) is 0.701. The number of carbonyl (C=O) groups excluding carboxylic acids is 1. The summed E-state index contributed by atoms with van der Waals surface area (Å²) in [6.45, 7) is 2.36. The number of halogens is 1. The second-order valence-electron chi connectivity index (χ2n) is 5.28. The normalized spacial score (nSPS) is 10.2. The van der Waals surface area contributed by atoms with Crippen LogP contribution in [0.1, 0.15) is 17.4 Å². The van der Waals surface area contributed by atoms with Crippen molar-refractivity contribution >= 4 is 23.1 Å². The zero-order valence-corrected chi connectivity index (χ0v) is 14.1. The zero-order valence-electron chi connectivity index (χ0n) is 14.1. The molecule has 1 heterocycles. The summed E-state index contributed by atoms with van der Waals surface area (Å²) in [5.41, 5.74) is 0.967. The summed E-state index contributed by atoms with van der Waals surface area (Å²) in [6.07, 6.45) is 2.69. The standard InChI is InChI=1S/C19H17FN4O2/c1-2-26-17-10-6-5-9-15(17)24-19(25)16-11-22-18(12-21-16)23-14-8-4-3-7-13(14)20/h3-12H,2H2,1H3,(H,22,23)(H,24,25). The van der Waals surface area contributed by atoms with Crippen LogP contribution in [0.4, 0.5) is 21.6 Å². The van der Waals surface area contributed by atoms with Gasteiger partial charge in [0.2, 0.25) is 0 Å². The zero-order chi connectivity index (χ0) is 18.4. The van der Waals surface area contributed by atoms with Crippen LogP contribution in [-0.4, -0.2) is 22.5 Å². The van der Waals surface area contributed by atoms with E-state index < -0.39 is 11.7 Å². The number of ether oxygens (including phenoxy) is 1. The molecular weight excluding hydrogens is 335 g/mol. The number of hydrogen-bond donors (Lipinski definition) is 2. The third-order valence-corrected chi connectivity index (χ3v) is 3.46. The lowest BCUT2D eigenvalue weighted by atomic mass is 10.3. The minimum atomic E-state index is -0.415. The summed E-state index contributed by atoms with van der Waals surface area (Å²) in [4.78, 5) is 20.5. The first-order valence-corrected chi connectivity index (χ1v) is 8.04. The second kappa shape index (κ2) is 8.06. The van der Waals surface area contributed by atoms with E-state index in [0.717, 1.165) is 0 Å².